The van der Waals surface area contributed by atoms with Gasteiger partial charge in [0.1, 0.15) is 11.7 Å². The minimum absolute atomic E-state index is 0.139. The van der Waals surface area contributed by atoms with Gasteiger partial charge in [-0.2, -0.15) is 5.10 Å². The molecule has 6 rings (SSSR count). The first kappa shape index (κ1) is 20.0. The maximum absolute atomic E-state index is 13.3. The molecular weight excluding hydrogens is 432 g/mol. The van der Waals surface area contributed by atoms with Crippen molar-refractivity contribution >= 4 is 27.7 Å². The Hall–Kier alpha value is -4.60. The number of aromatic nitrogens is 8. The molecule has 0 saturated heterocycles. The van der Waals surface area contributed by atoms with Gasteiger partial charge in [0.2, 0.25) is 5.78 Å². The number of nitrogens with zero attached hydrogens (tertiary/aromatic N) is 8. The normalized spacial score (nSPS) is 11.7. The minimum atomic E-state index is -0.230. The summed E-state index contributed by atoms with van der Waals surface area (Å²) in [6.45, 7) is 4.18. The van der Waals surface area contributed by atoms with Gasteiger partial charge < -0.3 is 0 Å². The van der Waals surface area contributed by atoms with E-state index < -0.39 is 0 Å². The molecule has 0 unspecified atom stereocenters. The minimum Gasteiger partial charge on any atom is -0.291 e. The molecule has 34 heavy (non-hydrogen) atoms. The summed E-state index contributed by atoms with van der Waals surface area (Å²) < 4.78 is 6.41. The number of hydrogen-bond acceptors (Lipinski definition) is 6. The van der Waals surface area contributed by atoms with Gasteiger partial charge in [0, 0.05) is 7.05 Å². The number of rotatable bonds is 3. The van der Waals surface area contributed by atoms with Crippen LogP contribution in [-0.4, -0.2) is 38.5 Å². The van der Waals surface area contributed by atoms with E-state index in [1.54, 1.807) is 28.4 Å². The lowest BCUT2D eigenvalue weighted by atomic mass is 10.1. The van der Waals surface area contributed by atoms with Crippen LogP contribution < -0.4 is 11.1 Å². The van der Waals surface area contributed by atoms with E-state index in [9.17, 15) is 9.59 Å². The third kappa shape index (κ3) is 2.88. The molecule has 0 atom stereocenters. The Morgan fingerprint density at radius 2 is 1.68 bits per heavy atom. The molecule has 0 radical (unpaired) electrons. The van der Waals surface area contributed by atoms with Crippen LogP contribution in [-0.2, 0) is 13.6 Å². The summed E-state index contributed by atoms with van der Waals surface area (Å²) in [5.41, 5.74) is 3.86. The predicted molar refractivity (Wildman–Crippen MR) is 127 cm³/mol. The van der Waals surface area contributed by atoms with Crippen molar-refractivity contribution < 1.29 is 0 Å². The first-order chi connectivity index (χ1) is 16.4. The van der Waals surface area contributed by atoms with E-state index in [1.807, 2.05) is 44.2 Å². The number of fused-ring (bicyclic) bond motifs is 4. The van der Waals surface area contributed by atoms with Crippen LogP contribution in [0, 0.1) is 13.8 Å². The van der Waals surface area contributed by atoms with E-state index >= 15 is 0 Å². The quantitative estimate of drug-likeness (QED) is 0.407. The van der Waals surface area contributed by atoms with Crippen LogP contribution in [0.15, 0.2) is 64.6 Å². The summed E-state index contributed by atoms with van der Waals surface area (Å²) >= 11 is 0. The molecule has 0 bridgehead atoms. The standard InChI is InChI=1S/C24H20N8O2/c1-14-8-15(2)10-16(9-14)32-21-18(11-26-32)23(34)30(13-25-21)12-20-27-28-24-29(3)22(33)17-6-4-5-7-19(17)31(20)24/h4-11,13H,12H2,1-3H3. The number of benzene rings is 2. The second-order valence-corrected chi connectivity index (χ2v) is 8.45. The predicted octanol–water partition coefficient (Wildman–Crippen LogP) is 2.14. The largest absolute Gasteiger partial charge is 0.291 e. The van der Waals surface area contributed by atoms with Crippen molar-refractivity contribution in [1.29, 1.82) is 0 Å². The second kappa shape index (κ2) is 7.20. The van der Waals surface area contributed by atoms with Crippen LogP contribution in [0.4, 0.5) is 0 Å². The Morgan fingerprint density at radius 3 is 2.47 bits per heavy atom. The fourth-order valence-electron chi connectivity index (χ4n) is 4.47. The lowest BCUT2D eigenvalue weighted by molar-refractivity contribution is 0.699. The van der Waals surface area contributed by atoms with E-state index in [0.717, 1.165) is 16.8 Å². The van der Waals surface area contributed by atoms with Crippen molar-refractivity contribution in [2.45, 2.75) is 20.4 Å². The Labute approximate surface area is 192 Å². The molecule has 10 nitrogen and oxygen atoms in total. The van der Waals surface area contributed by atoms with Gasteiger partial charge in [0.15, 0.2) is 11.5 Å². The maximum atomic E-state index is 13.3. The summed E-state index contributed by atoms with van der Waals surface area (Å²) in [6.07, 6.45) is 3.04. The number of aryl methyl sites for hydroxylation is 3. The molecule has 6 aromatic rings. The lowest BCUT2D eigenvalue weighted by Crippen LogP contribution is -2.23. The summed E-state index contributed by atoms with van der Waals surface area (Å²) in [4.78, 5) is 30.5. The topological polar surface area (TPSA) is 105 Å². The summed E-state index contributed by atoms with van der Waals surface area (Å²) in [5.74, 6) is 0.926. The van der Waals surface area contributed by atoms with Gasteiger partial charge in [-0.3, -0.25) is 23.1 Å². The SMILES string of the molecule is Cc1cc(C)cc(-n2ncc3c(=O)n(Cc4nnc5n(C)c(=O)c6ccccc6n45)cnc32)c1. The average Bonchev–Trinajstić information content (AvgIpc) is 3.44. The van der Waals surface area contributed by atoms with Crippen LogP contribution in [0.3, 0.4) is 0 Å². The molecule has 4 aromatic heterocycles. The molecule has 0 spiro atoms. The Balaban J connectivity index is 1.50. The molecule has 4 heterocycles. The molecule has 2 aromatic carbocycles. The molecule has 168 valence electrons. The molecular formula is C24H20N8O2. The van der Waals surface area contributed by atoms with Gasteiger partial charge in [-0.15, -0.1) is 10.2 Å². The molecule has 0 fully saturated rings. The van der Waals surface area contributed by atoms with Crippen molar-refractivity contribution in [3.63, 3.8) is 0 Å². The first-order valence-electron chi connectivity index (χ1n) is 10.8. The fraction of sp³-hybridized carbons (Fsp3) is 0.167. The van der Waals surface area contributed by atoms with Crippen LogP contribution >= 0.6 is 0 Å². The van der Waals surface area contributed by atoms with Crippen LogP contribution in [0.2, 0.25) is 0 Å². The molecule has 0 aliphatic heterocycles. The molecule has 0 N–H and O–H groups in total. The van der Waals surface area contributed by atoms with Crippen LogP contribution in [0.25, 0.3) is 33.4 Å². The van der Waals surface area contributed by atoms with Gasteiger partial charge in [-0.1, -0.05) is 18.2 Å². The molecule has 0 saturated carbocycles. The van der Waals surface area contributed by atoms with Crippen molar-refractivity contribution in [2.24, 2.45) is 7.05 Å². The first-order valence-corrected chi connectivity index (χ1v) is 10.8. The molecule has 0 amide bonds. The van der Waals surface area contributed by atoms with E-state index in [2.05, 4.69) is 26.3 Å². The monoisotopic (exact) mass is 452 g/mol. The van der Waals surface area contributed by atoms with Gasteiger partial charge in [0.25, 0.3) is 11.1 Å². The van der Waals surface area contributed by atoms with Gasteiger partial charge in [-0.05, 0) is 49.2 Å². The van der Waals surface area contributed by atoms with Crippen molar-refractivity contribution in [3.8, 4) is 5.69 Å². The van der Waals surface area contributed by atoms with Crippen LogP contribution in [0.1, 0.15) is 17.0 Å². The Bertz CT molecular complexity index is 1850. The van der Waals surface area contributed by atoms with Gasteiger partial charge in [-0.25, -0.2) is 9.67 Å². The Kier molecular flexibility index (Phi) is 4.25. The van der Waals surface area contributed by atoms with E-state index in [-0.39, 0.29) is 17.7 Å². The van der Waals surface area contributed by atoms with Gasteiger partial charge >= 0.3 is 0 Å². The lowest BCUT2D eigenvalue weighted by Gasteiger charge is -2.09. The third-order valence-electron chi connectivity index (χ3n) is 6.01. The molecule has 0 aliphatic rings. The second-order valence-electron chi connectivity index (χ2n) is 8.45. The highest BCUT2D eigenvalue weighted by Crippen LogP contribution is 2.18. The van der Waals surface area contributed by atoms with Crippen molar-refractivity contribution in [3.05, 3.63) is 92.6 Å². The fourth-order valence-corrected chi connectivity index (χ4v) is 4.47. The summed E-state index contributed by atoms with van der Waals surface area (Å²) in [7, 11) is 1.66. The van der Waals surface area contributed by atoms with E-state index in [4.69, 9.17) is 0 Å². The van der Waals surface area contributed by atoms with Crippen LogP contribution in [0.5, 0.6) is 0 Å². The zero-order valence-corrected chi connectivity index (χ0v) is 18.8. The van der Waals surface area contributed by atoms with Crippen molar-refractivity contribution in [1.82, 2.24) is 38.5 Å². The average molecular weight is 452 g/mol. The van der Waals surface area contributed by atoms with Crippen molar-refractivity contribution in [2.75, 3.05) is 0 Å². The highest BCUT2D eigenvalue weighted by Gasteiger charge is 2.17. The smallest absolute Gasteiger partial charge is 0.264 e. The highest BCUT2D eigenvalue weighted by molar-refractivity contribution is 5.80. The highest BCUT2D eigenvalue weighted by atomic mass is 16.1. The summed E-state index contributed by atoms with van der Waals surface area (Å²) in [5, 5.41) is 13.9. The molecule has 0 aliphatic carbocycles. The molecule has 10 heteroatoms. The number of para-hydroxylation sites is 1. The van der Waals surface area contributed by atoms with E-state index in [1.165, 1.54) is 15.5 Å². The van der Waals surface area contributed by atoms with Gasteiger partial charge in [0.05, 0.1) is 29.3 Å². The Morgan fingerprint density at radius 1 is 0.912 bits per heavy atom. The summed E-state index contributed by atoms with van der Waals surface area (Å²) in [6, 6.07) is 13.4. The number of hydrogen-bond donors (Lipinski definition) is 0. The zero-order valence-electron chi connectivity index (χ0n) is 18.8. The zero-order chi connectivity index (χ0) is 23.6. The third-order valence-corrected chi connectivity index (χ3v) is 6.01. The maximum Gasteiger partial charge on any atom is 0.264 e. The van der Waals surface area contributed by atoms with E-state index in [0.29, 0.717) is 33.5 Å².